The lowest BCUT2D eigenvalue weighted by molar-refractivity contribution is 0.164. The van der Waals surface area contributed by atoms with Gasteiger partial charge in [0.25, 0.3) is 0 Å². The quantitative estimate of drug-likeness (QED) is 0.884. The van der Waals surface area contributed by atoms with Crippen LogP contribution in [0.5, 0.6) is 0 Å². The van der Waals surface area contributed by atoms with Crippen molar-refractivity contribution in [2.75, 3.05) is 13.6 Å². The molecule has 0 unspecified atom stereocenters. The van der Waals surface area contributed by atoms with Crippen LogP contribution in [0.15, 0.2) is 18.2 Å². The van der Waals surface area contributed by atoms with E-state index in [1.807, 2.05) is 19.2 Å². The molecule has 1 N–H and O–H groups in total. The first kappa shape index (κ1) is 13.5. The molecule has 0 spiro atoms. The summed E-state index contributed by atoms with van der Waals surface area (Å²) in [4.78, 5) is 2.38. The molecule has 2 nitrogen and oxygen atoms in total. The molecule has 3 heteroatoms. The van der Waals surface area contributed by atoms with Crippen molar-refractivity contribution in [3.8, 4) is 0 Å². The minimum Gasteiger partial charge on any atom is -0.316 e. The molecule has 0 radical (unpaired) electrons. The first-order chi connectivity index (χ1) is 8.53. The number of nitrogens with one attached hydrogen (secondary N) is 1. The van der Waals surface area contributed by atoms with Gasteiger partial charge >= 0.3 is 0 Å². The predicted octanol–water partition coefficient (Wildman–Crippen LogP) is 2.92. The Bertz CT molecular complexity index is 415. The monoisotopic (exact) mass is 250 g/mol. The van der Waals surface area contributed by atoms with Crippen molar-refractivity contribution in [2.24, 2.45) is 0 Å². The number of hydrogen-bond acceptors (Lipinski definition) is 2. The molecule has 1 aromatic carbocycles. The summed E-state index contributed by atoms with van der Waals surface area (Å²) < 4.78 is 13.9. The molecule has 0 bridgehead atoms. The average molecular weight is 250 g/mol. The van der Waals surface area contributed by atoms with Gasteiger partial charge in [-0.2, -0.15) is 0 Å². The van der Waals surface area contributed by atoms with Gasteiger partial charge in [0, 0.05) is 24.2 Å². The molecule has 2 rings (SSSR count). The van der Waals surface area contributed by atoms with E-state index in [2.05, 4.69) is 24.1 Å². The van der Waals surface area contributed by atoms with E-state index in [9.17, 15) is 4.39 Å². The largest absolute Gasteiger partial charge is 0.316 e. The Hall–Kier alpha value is -0.930. The van der Waals surface area contributed by atoms with Crippen LogP contribution in [0.4, 0.5) is 4.39 Å². The Kier molecular flexibility index (Phi) is 4.03. The lowest BCUT2D eigenvalue weighted by Crippen LogP contribution is -2.37. The van der Waals surface area contributed by atoms with E-state index in [-0.39, 0.29) is 11.4 Å². The van der Waals surface area contributed by atoms with Crippen molar-refractivity contribution < 1.29 is 4.39 Å². The molecule has 0 aliphatic carbocycles. The fraction of sp³-hybridized carbons (Fsp3) is 0.600. The number of hydrogen-bond donors (Lipinski definition) is 1. The lowest BCUT2D eigenvalue weighted by Gasteiger charge is -2.31. The molecule has 100 valence electrons. The Labute approximate surface area is 109 Å². The molecule has 1 saturated heterocycles. The van der Waals surface area contributed by atoms with E-state index in [0.29, 0.717) is 0 Å². The van der Waals surface area contributed by atoms with E-state index < -0.39 is 0 Å². The Balaban J connectivity index is 2.15. The summed E-state index contributed by atoms with van der Waals surface area (Å²) in [7, 11) is 1.91. The smallest absolute Gasteiger partial charge is 0.127 e. The molecule has 0 amide bonds. The fourth-order valence-electron chi connectivity index (χ4n) is 2.73. The number of halogens is 1. The SMILES string of the molecule is CNCc1ccc(F)c(CN2CCCC2(C)C)c1. The van der Waals surface area contributed by atoms with Gasteiger partial charge in [0.2, 0.25) is 0 Å². The Morgan fingerprint density at radius 2 is 2.17 bits per heavy atom. The fourth-order valence-corrected chi connectivity index (χ4v) is 2.73. The first-order valence-corrected chi connectivity index (χ1v) is 6.70. The zero-order valence-electron chi connectivity index (χ0n) is 11.6. The molecular weight excluding hydrogens is 227 g/mol. The van der Waals surface area contributed by atoms with Crippen LogP contribution in [-0.4, -0.2) is 24.0 Å². The molecule has 1 fully saturated rings. The van der Waals surface area contributed by atoms with Crippen molar-refractivity contribution in [3.63, 3.8) is 0 Å². The Morgan fingerprint density at radius 3 is 2.78 bits per heavy atom. The highest BCUT2D eigenvalue weighted by molar-refractivity contribution is 5.25. The van der Waals surface area contributed by atoms with Crippen LogP contribution in [0.2, 0.25) is 0 Å². The number of rotatable bonds is 4. The summed E-state index contributed by atoms with van der Waals surface area (Å²) in [6.45, 7) is 7.07. The highest BCUT2D eigenvalue weighted by atomic mass is 19.1. The molecule has 18 heavy (non-hydrogen) atoms. The minimum atomic E-state index is -0.0856. The second-order valence-electron chi connectivity index (χ2n) is 5.79. The average Bonchev–Trinajstić information content (AvgIpc) is 2.63. The van der Waals surface area contributed by atoms with Gasteiger partial charge in [-0.05, 0) is 51.9 Å². The van der Waals surface area contributed by atoms with Crippen molar-refractivity contribution in [1.29, 1.82) is 0 Å². The molecular formula is C15H23FN2. The van der Waals surface area contributed by atoms with Crippen LogP contribution in [-0.2, 0) is 13.1 Å². The first-order valence-electron chi connectivity index (χ1n) is 6.70. The molecule has 0 atom stereocenters. The van der Waals surface area contributed by atoms with Crippen LogP contribution in [0.3, 0.4) is 0 Å². The third-order valence-electron chi connectivity index (χ3n) is 3.92. The summed E-state index contributed by atoms with van der Waals surface area (Å²) in [6.07, 6.45) is 2.41. The number of likely N-dealkylation sites (tertiary alicyclic amines) is 1. The summed E-state index contributed by atoms with van der Waals surface area (Å²) in [5, 5.41) is 3.10. The van der Waals surface area contributed by atoms with E-state index in [0.717, 1.165) is 30.8 Å². The van der Waals surface area contributed by atoms with E-state index in [1.54, 1.807) is 6.07 Å². The van der Waals surface area contributed by atoms with Crippen LogP contribution < -0.4 is 5.32 Å². The van der Waals surface area contributed by atoms with Crippen molar-refractivity contribution in [2.45, 2.75) is 45.3 Å². The molecule has 1 aliphatic rings. The standard InChI is InChI=1S/C15H23FN2/c1-15(2)7-4-8-18(15)11-13-9-12(10-17-3)5-6-14(13)16/h5-6,9,17H,4,7-8,10-11H2,1-3H3. The van der Waals surface area contributed by atoms with E-state index in [4.69, 9.17) is 0 Å². The maximum atomic E-state index is 13.9. The van der Waals surface area contributed by atoms with Gasteiger partial charge in [-0.1, -0.05) is 12.1 Å². The summed E-state index contributed by atoms with van der Waals surface area (Å²) in [5.41, 5.74) is 2.16. The van der Waals surface area contributed by atoms with Crippen molar-refractivity contribution in [1.82, 2.24) is 10.2 Å². The zero-order chi connectivity index (χ0) is 13.2. The topological polar surface area (TPSA) is 15.3 Å². The van der Waals surface area contributed by atoms with Crippen LogP contribution in [0.1, 0.15) is 37.8 Å². The lowest BCUT2D eigenvalue weighted by atomic mass is 10.0. The minimum absolute atomic E-state index is 0.0856. The van der Waals surface area contributed by atoms with E-state index >= 15 is 0 Å². The molecule has 0 saturated carbocycles. The highest BCUT2D eigenvalue weighted by Gasteiger charge is 2.31. The second-order valence-corrected chi connectivity index (χ2v) is 5.79. The zero-order valence-corrected chi connectivity index (χ0v) is 11.6. The van der Waals surface area contributed by atoms with Gasteiger partial charge in [0.05, 0.1) is 0 Å². The van der Waals surface area contributed by atoms with Gasteiger partial charge in [-0.25, -0.2) is 4.39 Å². The number of nitrogens with zero attached hydrogens (tertiary/aromatic N) is 1. The van der Waals surface area contributed by atoms with Crippen LogP contribution >= 0.6 is 0 Å². The molecule has 0 aromatic heterocycles. The van der Waals surface area contributed by atoms with Gasteiger partial charge in [-0.3, -0.25) is 4.90 Å². The molecule has 1 aromatic rings. The summed E-state index contributed by atoms with van der Waals surface area (Å²) in [5.74, 6) is -0.0856. The maximum absolute atomic E-state index is 13.9. The second kappa shape index (κ2) is 5.37. The van der Waals surface area contributed by atoms with Gasteiger partial charge in [-0.15, -0.1) is 0 Å². The maximum Gasteiger partial charge on any atom is 0.127 e. The summed E-state index contributed by atoms with van der Waals surface area (Å²) >= 11 is 0. The third kappa shape index (κ3) is 2.90. The van der Waals surface area contributed by atoms with E-state index in [1.165, 1.54) is 12.8 Å². The molecule has 1 aliphatic heterocycles. The van der Waals surface area contributed by atoms with Gasteiger partial charge in [0.15, 0.2) is 0 Å². The number of benzene rings is 1. The van der Waals surface area contributed by atoms with Crippen LogP contribution in [0.25, 0.3) is 0 Å². The predicted molar refractivity (Wildman–Crippen MR) is 72.9 cm³/mol. The molecule has 1 heterocycles. The third-order valence-corrected chi connectivity index (χ3v) is 3.92. The normalized spacial score (nSPS) is 19.3. The van der Waals surface area contributed by atoms with Crippen LogP contribution in [0, 0.1) is 5.82 Å². The van der Waals surface area contributed by atoms with Crippen molar-refractivity contribution >= 4 is 0 Å². The van der Waals surface area contributed by atoms with Gasteiger partial charge in [0.1, 0.15) is 5.82 Å². The van der Waals surface area contributed by atoms with Crippen molar-refractivity contribution in [3.05, 3.63) is 35.1 Å². The highest BCUT2D eigenvalue weighted by Crippen LogP contribution is 2.30. The van der Waals surface area contributed by atoms with Gasteiger partial charge < -0.3 is 5.32 Å². The Morgan fingerprint density at radius 1 is 1.39 bits per heavy atom. The summed E-state index contributed by atoms with van der Waals surface area (Å²) in [6, 6.07) is 5.43.